The van der Waals surface area contributed by atoms with Crippen LogP contribution in [-0.4, -0.2) is 11.0 Å². The van der Waals surface area contributed by atoms with Gasteiger partial charge in [-0.15, -0.1) is 0 Å². The SMILES string of the molecule is [NH-]C(=O)c1cccc(Cl)c1O.[Na+]. The summed E-state index contributed by atoms with van der Waals surface area (Å²) in [6.07, 6.45) is 0. The molecule has 0 heterocycles. The number of aromatic hydroxyl groups is 1. The maximum absolute atomic E-state index is 10.5. The fourth-order valence-electron chi connectivity index (χ4n) is 0.699. The van der Waals surface area contributed by atoms with E-state index < -0.39 is 5.91 Å². The van der Waals surface area contributed by atoms with Crippen LogP contribution in [0.15, 0.2) is 18.2 Å². The van der Waals surface area contributed by atoms with E-state index in [2.05, 4.69) is 0 Å². The minimum atomic E-state index is -0.940. The molecule has 0 unspecified atom stereocenters. The second-order valence-corrected chi connectivity index (χ2v) is 2.37. The molecule has 0 spiro atoms. The van der Waals surface area contributed by atoms with Gasteiger partial charge >= 0.3 is 29.6 Å². The third-order valence-electron chi connectivity index (χ3n) is 1.23. The fourth-order valence-corrected chi connectivity index (χ4v) is 0.873. The van der Waals surface area contributed by atoms with Gasteiger partial charge in [-0.3, -0.25) is 0 Å². The van der Waals surface area contributed by atoms with Crippen molar-refractivity contribution >= 4 is 17.5 Å². The predicted octanol–water partition coefficient (Wildman–Crippen LogP) is -0.758. The zero-order valence-electron chi connectivity index (χ0n) is 6.47. The molecule has 58 valence electrons. The third-order valence-corrected chi connectivity index (χ3v) is 1.54. The van der Waals surface area contributed by atoms with Gasteiger partial charge in [-0.2, -0.15) is 0 Å². The normalized spacial score (nSPS) is 8.75. The molecule has 1 amide bonds. The molecule has 0 saturated carbocycles. The van der Waals surface area contributed by atoms with Gasteiger partial charge in [0.25, 0.3) is 0 Å². The maximum Gasteiger partial charge on any atom is 1.00 e. The minimum Gasteiger partial charge on any atom is -0.663 e. The molecule has 0 fully saturated rings. The molecule has 2 N–H and O–H groups in total. The first kappa shape index (κ1) is 11.8. The number of hydrogen-bond donors (Lipinski definition) is 1. The van der Waals surface area contributed by atoms with Crippen molar-refractivity contribution in [3.05, 3.63) is 34.5 Å². The number of carbonyl (C=O) groups excluding carboxylic acids is 1. The Kier molecular flexibility index (Phi) is 4.63. The quantitative estimate of drug-likeness (QED) is 0.596. The molecule has 0 aromatic heterocycles. The van der Waals surface area contributed by atoms with Crippen LogP contribution >= 0.6 is 11.6 Å². The molecular weight excluding hydrogens is 189 g/mol. The van der Waals surface area contributed by atoms with Crippen molar-refractivity contribution in [3.63, 3.8) is 0 Å². The van der Waals surface area contributed by atoms with Crippen molar-refractivity contribution in [1.29, 1.82) is 0 Å². The Hall–Kier alpha value is -0.220. The summed E-state index contributed by atoms with van der Waals surface area (Å²) >= 11 is 5.47. The number of hydrogen-bond acceptors (Lipinski definition) is 2. The number of para-hydroxylation sites is 1. The summed E-state index contributed by atoms with van der Waals surface area (Å²) in [5, 5.41) is 9.18. The van der Waals surface area contributed by atoms with Crippen LogP contribution in [0.1, 0.15) is 10.4 Å². The van der Waals surface area contributed by atoms with Crippen molar-refractivity contribution in [3.8, 4) is 5.75 Å². The Morgan fingerprint density at radius 3 is 2.50 bits per heavy atom. The Morgan fingerprint density at radius 2 is 2.08 bits per heavy atom. The minimum absolute atomic E-state index is 0. The standard InChI is InChI=1S/C7H6ClNO2.Na/c8-5-3-1-2-4(6(5)10)7(9)11;/h1-3H,(H3,9,10,11);/q;+1/p-1. The van der Waals surface area contributed by atoms with Crippen LogP contribution in [-0.2, 0) is 0 Å². The maximum atomic E-state index is 10.5. The van der Waals surface area contributed by atoms with E-state index in [4.69, 9.17) is 22.4 Å². The van der Waals surface area contributed by atoms with E-state index in [0.29, 0.717) is 0 Å². The van der Waals surface area contributed by atoms with E-state index in [1.807, 2.05) is 0 Å². The Morgan fingerprint density at radius 1 is 1.50 bits per heavy atom. The summed E-state index contributed by atoms with van der Waals surface area (Å²) in [4.78, 5) is 10.5. The number of halogens is 1. The van der Waals surface area contributed by atoms with Crippen LogP contribution in [0, 0.1) is 0 Å². The molecule has 0 aliphatic carbocycles. The average Bonchev–Trinajstić information content (AvgIpc) is 1.94. The smallest absolute Gasteiger partial charge is 0.663 e. The average molecular weight is 194 g/mol. The molecule has 0 atom stereocenters. The molecule has 3 nitrogen and oxygen atoms in total. The van der Waals surface area contributed by atoms with Crippen LogP contribution in [0.5, 0.6) is 5.75 Å². The Labute approximate surface area is 96.8 Å². The van der Waals surface area contributed by atoms with E-state index in [1.54, 1.807) is 0 Å². The topological polar surface area (TPSA) is 61.1 Å². The number of phenols is 1. The molecule has 5 heteroatoms. The van der Waals surface area contributed by atoms with E-state index in [0.717, 1.165) is 0 Å². The fraction of sp³-hybridized carbons (Fsp3) is 0. The summed E-state index contributed by atoms with van der Waals surface area (Å²) in [5.41, 5.74) is 6.63. The molecule has 0 radical (unpaired) electrons. The summed E-state index contributed by atoms with van der Waals surface area (Å²) < 4.78 is 0. The monoisotopic (exact) mass is 193 g/mol. The van der Waals surface area contributed by atoms with Crippen molar-refractivity contribution < 1.29 is 39.5 Å². The third kappa shape index (κ3) is 2.38. The Balaban J connectivity index is 0.00000121. The van der Waals surface area contributed by atoms with Gasteiger partial charge in [0.1, 0.15) is 5.75 Å². The first-order chi connectivity index (χ1) is 5.13. The zero-order chi connectivity index (χ0) is 8.43. The van der Waals surface area contributed by atoms with Gasteiger partial charge in [0.05, 0.1) is 10.9 Å². The van der Waals surface area contributed by atoms with Gasteiger partial charge < -0.3 is 15.6 Å². The molecule has 12 heavy (non-hydrogen) atoms. The molecule has 0 saturated heterocycles. The molecular formula is C7H5ClNNaO2. The van der Waals surface area contributed by atoms with Gasteiger partial charge in [-0.05, 0) is 12.1 Å². The van der Waals surface area contributed by atoms with Crippen molar-refractivity contribution in [2.45, 2.75) is 0 Å². The number of nitrogens with one attached hydrogen (secondary N) is 1. The molecule has 1 aromatic carbocycles. The number of carbonyl (C=O) groups is 1. The van der Waals surface area contributed by atoms with Crippen LogP contribution in [0.4, 0.5) is 0 Å². The largest absolute Gasteiger partial charge is 1.00 e. The molecule has 0 aliphatic heterocycles. The van der Waals surface area contributed by atoms with E-state index >= 15 is 0 Å². The second-order valence-electron chi connectivity index (χ2n) is 1.97. The molecule has 0 aliphatic rings. The number of amides is 1. The van der Waals surface area contributed by atoms with Gasteiger partial charge in [0.15, 0.2) is 0 Å². The first-order valence-corrected chi connectivity index (χ1v) is 3.24. The van der Waals surface area contributed by atoms with E-state index in [9.17, 15) is 4.79 Å². The first-order valence-electron chi connectivity index (χ1n) is 2.86. The van der Waals surface area contributed by atoms with Crippen LogP contribution in [0.25, 0.3) is 5.73 Å². The van der Waals surface area contributed by atoms with Gasteiger partial charge in [-0.1, -0.05) is 17.7 Å². The Bertz CT molecular complexity index is 303. The van der Waals surface area contributed by atoms with E-state index in [1.165, 1.54) is 18.2 Å². The van der Waals surface area contributed by atoms with Crippen LogP contribution in [0.2, 0.25) is 5.02 Å². The van der Waals surface area contributed by atoms with Crippen molar-refractivity contribution in [2.24, 2.45) is 0 Å². The predicted molar refractivity (Wildman–Crippen MR) is 41.8 cm³/mol. The summed E-state index contributed by atoms with van der Waals surface area (Å²) in [7, 11) is 0. The summed E-state index contributed by atoms with van der Waals surface area (Å²) in [5.74, 6) is -1.26. The number of benzene rings is 1. The molecule has 1 aromatic rings. The molecule has 1 rings (SSSR count). The summed E-state index contributed by atoms with van der Waals surface area (Å²) in [6, 6.07) is 4.30. The van der Waals surface area contributed by atoms with E-state index in [-0.39, 0.29) is 45.9 Å². The van der Waals surface area contributed by atoms with Crippen LogP contribution < -0.4 is 29.6 Å². The van der Waals surface area contributed by atoms with Gasteiger partial charge in [0, 0.05) is 5.56 Å². The van der Waals surface area contributed by atoms with Crippen molar-refractivity contribution in [1.82, 2.24) is 0 Å². The van der Waals surface area contributed by atoms with Crippen LogP contribution in [0.3, 0.4) is 0 Å². The number of rotatable bonds is 1. The summed E-state index contributed by atoms with van der Waals surface area (Å²) in [6.45, 7) is 0. The molecule has 0 bridgehead atoms. The van der Waals surface area contributed by atoms with Gasteiger partial charge in [0.2, 0.25) is 0 Å². The number of phenolic OH excluding ortho intramolecular Hbond substituents is 1. The van der Waals surface area contributed by atoms with Crippen molar-refractivity contribution in [2.75, 3.05) is 0 Å². The van der Waals surface area contributed by atoms with Gasteiger partial charge in [-0.25, -0.2) is 0 Å². The second kappa shape index (κ2) is 4.72. The zero-order valence-corrected chi connectivity index (χ0v) is 9.22.